The van der Waals surface area contributed by atoms with Crippen LogP contribution >= 0.6 is 0 Å². The average molecular weight is 275 g/mol. The van der Waals surface area contributed by atoms with E-state index < -0.39 is 0 Å². The summed E-state index contributed by atoms with van der Waals surface area (Å²) >= 11 is 0. The number of benzene rings is 2. The average Bonchev–Trinajstić information content (AvgIpc) is 2.47. The van der Waals surface area contributed by atoms with Gasteiger partial charge in [-0.25, -0.2) is 4.39 Å². The van der Waals surface area contributed by atoms with E-state index in [0.717, 1.165) is 17.0 Å². The summed E-state index contributed by atoms with van der Waals surface area (Å²) in [7, 11) is 1.45. The van der Waals surface area contributed by atoms with Crippen LogP contribution < -0.4 is 14.8 Å². The van der Waals surface area contributed by atoms with Gasteiger partial charge in [-0.15, -0.1) is 0 Å². The van der Waals surface area contributed by atoms with Gasteiger partial charge in [-0.2, -0.15) is 0 Å². The molecule has 0 aliphatic heterocycles. The molecule has 0 amide bonds. The lowest BCUT2D eigenvalue weighted by Crippen LogP contribution is -2.00. The van der Waals surface area contributed by atoms with E-state index in [2.05, 4.69) is 5.32 Å². The van der Waals surface area contributed by atoms with Gasteiger partial charge < -0.3 is 14.8 Å². The Kier molecular flexibility index (Phi) is 4.82. The third-order valence-corrected chi connectivity index (χ3v) is 2.88. The third kappa shape index (κ3) is 3.63. The molecule has 0 fully saturated rings. The summed E-state index contributed by atoms with van der Waals surface area (Å²) in [5, 5.41) is 3.23. The Morgan fingerprint density at radius 1 is 1.10 bits per heavy atom. The Hall–Kier alpha value is -2.23. The lowest BCUT2D eigenvalue weighted by molar-refractivity contribution is 0.340. The zero-order chi connectivity index (χ0) is 14.4. The maximum absolute atomic E-state index is 13.5. The first kappa shape index (κ1) is 14.2. The summed E-state index contributed by atoms with van der Waals surface area (Å²) in [4.78, 5) is 0. The number of ether oxygens (including phenoxy) is 2. The van der Waals surface area contributed by atoms with E-state index >= 15 is 0 Å². The Morgan fingerprint density at radius 3 is 2.45 bits per heavy atom. The highest BCUT2D eigenvalue weighted by Crippen LogP contribution is 2.19. The van der Waals surface area contributed by atoms with E-state index in [1.807, 2.05) is 37.3 Å². The van der Waals surface area contributed by atoms with Crippen molar-refractivity contribution in [2.75, 3.05) is 19.0 Å². The first-order chi connectivity index (χ1) is 9.72. The molecule has 106 valence electrons. The van der Waals surface area contributed by atoms with E-state index in [9.17, 15) is 4.39 Å². The number of methoxy groups -OCH3 is 1. The van der Waals surface area contributed by atoms with Crippen molar-refractivity contribution < 1.29 is 13.9 Å². The Bertz CT molecular complexity index is 555. The topological polar surface area (TPSA) is 30.5 Å². The van der Waals surface area contributed by atoms with Gasteiger partial charge in [0.25, 0.3) is 0 Å². The first-order valence-corrected chi connectivity index (χ1v) is 6.52. The monoisotopic (exact) mass is 275 g/mol. The van der Waals surface area contributed by atoms with Crippen molar-refractivity contribution in [3.05, 3.63) is 53.8 Å². The highest BCUT2D eigenvalue weighted by molar-refractivity contribution is 5.47. The van der Waals surface area contributed by atoms with Crippen LogP contribution in [0.1, 0.15) is 12.5 Å². The predicted octanol–water partition coefficient (Wildman–Crippen LogP) is 3.85. The molecule has 2 rings (SSSR count). The van der Waals surface area contributed by atoms with Crippen LogP contribution in [-0.4, -0.2) is 13.7 Å². The van der Waals surface area contributed by atoms with Crippen LogP contribution in [0.4, 0.5) is 10.1 Å². The number of anilines is 1. The predicted molar refractivity (Wildman–Crippen MR) is 77.9 cm³/mol. The van der Waals surface area contributed by atoms with Crippen LogP contribution in [0.25, 0.3) is 0 Å². The Balaban J connectivity index is 1.96. The van der Waals surface area contributed by atoms with Crippen molar-refractivity contribution in [1.82, 2.24) is 0 Å². The highest BCUT2D eigenvalue weighted by Gasteiger charge is 2.03. The van der Waals surface area contributed by atoms with Gasteiger partial charge in [0.15, 0.2) is 11.6 Å². The van der Waals surface area contributed by atoms with Crippen LogP contribution in [0.2, 0.25) is 0 Å². The molecule has 4 heteroatoms. The maximum Gasteiger partial charge on any atom is 0.165 e. The first-order valence-electron chi connectivity index (χ1n) is 6.52. The van der Waals surface area contributed by atoms with Crippen molar-refractivity contribution in [2.45, 2.75) is 13.5 Å². The lowest BCUT2D eigenvalue weighted by atomic mass is 10.2. The second-order valence-corrected chi connectivity index (χ2v) is 4.28. The Labute approximate surface area is 118 Å². The van der Waals surface area contributed by atoms with Gasteiger partial charge >= 0.3 is 0 Å². The second kappa shape index (κ2) is 6.80. The van der Waals surface area contributed by atoms with Crippen LogP contribution in [0.3, 0.4) is 0 Å². The molecule has 0 aromatic heterocycles. The molecule has 0 aliphatic rings. The van der Waals surface area contributed by atoms with Crippen molar-refractivity contribution in [3.8, 4) is 11.5 Å². The largest absolute Gasteiger partial charge is 0.494 e. The number of halogens is 1. The van der Waals surface area contributed by atoms with Crippen molar-refractivity contribution in [2.24, 2.45) is 0 Å². The van der Waals surface area contributed by atoms with Gasteiger partial charge in [0.05, 0.1) is 13.7 Å². The summed E-state index contributed by atoms with van der Waals surface area (Å²) in [6.45, 7) is 3.15. The molecule has 0 bridgehead atoms. The normalized spacial score (nSPS) is 10.2. The van der Waals surface area contributed by atoms with Crippen LogP contribution in [0, 0.1) is 5.82 Å². The van der Waals surface area contributed by atoms with Crippen molar-refractivity contribution >= 4 is 5.69 Å². The summed E-state index contributed by atoms with van der Waals surface area (Å²) in [5.74, 6) is 0.752. The molecule has 2 aromatic rings. The highest BCUT2D eigenvalue weighted by atomic mass is 19.1. The second-order valence-electron chi connectivity index (χ2n) is 4.28. The molecule has 2 aromatic carbocycles. The van der Waals surface area contributed by atoms with Gasteiger partial charge in [0.2, 0.25) is 0 Å². The fourth-order valence-electron chi connectivity index (χ4n) is 1.86. The van der Waals surface area contributed by atoms with E-state index in [-0.39, 0.29) is 11.6 Å². The molecule has 0 atom stereocenters. The quantitative estimate of drug-likeness (QED) is 0.868. The Morgan fingerprint density at radius 2 is 1.85 bits per heavy atom. The van der Waals surface area contributed by atoms with E-state index in [0.29, 0.717) is 13.2 Å². The smallest absolute Gasteiger partial charge is 0.165 e. The third-order valence-electron chi connectivity index (χ3n) is 2.88. The standard InChI is InChI=1S/C16H18FNO2/c1-3-20-14-7-5-13(6-8-14)18-11-12-4-9-16(19-2)15(17)10-12/h4-10,18H,3,11H2,1-2H3. The molecule has 1 N–H and O–H groups in total. The molecule has 0 aliphatic carbocycles. The molecule has 3 nitrogen and oxygen atoms in total. The molecule has 0 unspecified atom stereocenters. The molecule has 0 heterocycles. The van der Waals surface area contributed by atoms with E-state index in [1.165, 1.54) is 13.2 Å². The van der Waals surface area contributed by atoms with Gasteiger partial charge in [-0.1, -0.05) is 6.07 Å². The molecule has 0 saturated heterocycles. The minimum atomic E-state index is -0.349. The zero-order valence-electron chi connectivity index (χ0n) is 11.7. The van der Waals surface area contributed by atoms with Gasteiger partial charge in [-0.05, 0) is 48.9 Å². The van der Waals surface area contributed by atoms with Gasteiger partial charge in [0, 0.05) is 12.2 Å². The van der Waals surface area contributed by atoms with Gasteiger partial charge in [-0.3, -0.25) is 0 Å². The number of nitrogens with one attached hydrogen (secondary N) is 1. The molecule has 0 radical (unpaired) electrons. The number of hydrogen-bond acceptors (Lipinski definition) is 3. The SMILES string of the molecule is CCOc1ccc(NCc2ccc(OC)c(F)c2)cc1. The summed E-state index contributed by atoms with van der Waals surface area (Å²) in [6.07, 6.45) is 0. The zero-order valence-corrected chi connectivity index (χ0v) is 11.7. The van der Waals surface area contributed by atoms with Crippen molar-refractivity contribution in [1.29, 1.82) is 0 Å². The molecular weight excluding hydrogens is 257 g/mol. The molecular formula is C16H18FNO2. The minimum absolute atomic E-state index is 0.259. The number of rotatable bonds is 6. The van der Waals surface area contributed by atoms with E-state index in [1.54, 1.807) is 6.07 Å². The van der Waals surface area contributed by atoms with E-state index in [4.69, 9.17) is 9.47 Å². The maximum atomic E-state index is 13.5. The summed E-state index contributed by atoms with van der Waals surface area (Å²) in [5.41, 5.74) is 1.82. The fourth-order valence-corrected chi connectivity index (χ4v) is 1.86. The minimum Gasteiger partial charge on any atom is -0.494 e. The van der Waals surface area contributed by atoms with Crippen LogP contribution in [0.5, 0.6) is 11.5 Å². The van der Waals surface area contributed by atoms with Crippen molar-refractivity contribution in [3.63, 3.8) is 0 Å². The molecule has 0 spiro atoms. The number of hydrogen-bond donors (Lipinski definition) is 1. The van der Waals surface area contributed by atoms with Crippen LogP contribution in [-0.2, 0) is 6.54 Å². The summed E-state index contributed by atoms with van der Waals surface area (Å²) in [6, 6.07) is 12.6. The van der Waals surface area contributed by atoms with Gasteiger partial charge in [0.1, 0.15) is 5.75 Å². The fraction of sp³-hybridized carbons (Fsp3) is 0.250. The molecule has 20 heavy (non-hydrogen) atoms. The molecule has 0 saturated carbocycles. The lowest BCUT2D eigenvalue weighted by Gasteiger charge is -2.09. The van der Waals surface area contributed by atoms with Crippen LogP contribution in [0.15, 0.2) is 42.5 Å². The summed E-state index contributed by atoms with van der Waals surface area (Å²) < 4.78 is 23.8.